The molecule has 1 unspecified atom stereocenters. The minimum absolute atomic E-state index is 0.429. The molecule has 20 heavy (non-hydrogen) atoms. The van der Waals surface area contributed by atoms with Crippen molar-refractivity contribution in [2.75, 3.05) is 0 Å². The first-order valence-electron chi connectivity index (χ1n) is 8.71. The third kappa shape index (κ3) is 1.47. The van der Waals surface area contributed by atoms with Crippen LogP contribution in [-0.2, 0) is 18.4 Å². The fourth-order valence-corrected chi connectivity index (χ4v) is 6.29. The van der Waals surface area contributed by atoms with Gasteiger partial charge < -0.3 is 4.57 Å². The van der Waals surface area contributed by atoms with Crippen molar-refractivity contribution in [3.8, 4) is 0 Å². The Morgan fingerprint density at radius 2 is 1.95 bits per heavy atom. The van der Waals surface area contributed by atoms with E-state index in [9.17, 15) is 0 Å². The number of fused-ring (bicyclic) bond motifs is 1. The second-order valence-electron chi connectivity index (χ2n) is 8.20. The summed E-state index contributed by atoms with van der Waals surface area (Å²) in [7, 11) is 0. The third-order valence-electron chi connectivity index (χ3n) is 6.73. The maximum absolute atomic E-state index is 4.71. The van der Waals surface area contributed by atoms with Crippen LogP contribution in [0, 0.1) is 11.3 Å². The van der Waals surface area contributed by atoms with Crippen molar-refractivity contribution in [2.24, 2.45) is 11.3 Å². The Balaban J connectivity index is 1.53. The predicted octanol–water partition coefficient (Wildman–Crippen LogP) is 3.62. The van der Waals surface area contributed by atoms with E-state index in [-0.39, 0.29) is 0 Å². The molecule has 1 spiro atoms. The lowest BCUT2D eigenvalue weighted by Crippen LogP contribution is -2.58. The van der Waals surface area contributed by atoms with Crippen molar-refractivity contribution in [1.82, 2.24) is 14.8 Å². The molecule has 0 radical (unpaired) electrons. The lowest BCUT2D eigenvalue weighted by Gasteiger charge is -2.65. The monoisotopic (exact) mass is 271 g/mol. The first-order chi connectivity index (χ1) is 9.79. The zero-order valence-electron chi connectivity index (χ0n) is 12.4. The van der Waals surface area contributed by atoms with E-state index in [1.165, 1.54) is 82.4 Å². The first kappa shape index (κ1) is 11.8. The molecular formula is C17H25N3. The van der Waals surface area contributed by atoms with E-state index in [0.29, 0.717) is 5.41 Å². The Morgan fingerprint density at radius 3 is 2.85 bits per heavy atom. The number of hydrogen-bond acceptors (Lipinski definition) is 2. The quantitative estimate of drug-likeness (QED) is 0.781. The van der Waals surface area contributed by atoms with Crippen LogP contribution >= 0.6 is 0 Å². The van der Waals surface area contributed by atoms with Crippen molar-refractivity contribution >= 4 is 0 Å². The van der Waals surface area contributed by atoms with Gasteiger partial charge in [-0.3, -0.25) is 0 Å². The van der Waals surface area contributed by atoms with E-state index in [0.717, 1.165) is 17.8 Å². The van der Waals surface area contributed by atoms with Crippen molar-refractivity contribution in [1.29, 1.82) is 0 Å². The van der Waals surface area contributed by atoms with Crippen LogP contribution in [0.4, 0.5) is 0 Å². The Bertz CT molecular complexity index is 533. The van der Waals surface area contributed by atoms with Crippen molar-refractivity contribution in [3.05, 3.63) is 11.6 Å². The van der Waals surface area contributed by atoms with E-state index in [2.05, 4.69) is 9.67 Å². The van der Waals surface area contributed by atoms with Gasteiger partial charge >= 0.3 is 0 Å². The van der Waals surface area contributed by atoms with Gasteiger partial charge in [0.25, 0.3) is 0 Å². The predicted molar refractivity (Wildman–Crippen MR) is 77.5 cm³/mol. The Kier molecular flexibility index (Phi) is 2.27. The van der Waals surface area contributed by atoms with Gasteiger partial charge in [0.05, 0.1) is 0 Å². The second-order valence-corrected chi connectivity index (χ2v) is 8.20. The molecule has 3 heteroatoms. The first-order valence-corrected chi connectivity index (χ1v) is 8.71. The summed E-state index contributed by atoms with van der Waals surface area (Å²) in [6.45, 7) is 1.18. The zero-order valence-corrected chi connectivity index (χ0v) is 12.4. The van der Waals surface area contributed by atoms with Crippen LogP contribution in [0.15, 0.2) is 0 Å². The Labute approximate surface area is 121 Å². The van der Waals surface area contributed by atoms with Gasteiger partial charge in [0, 0.05) is 18.4 Å². The highest BCUT2D eigenvalue weighted by atomic mass is 15.3. The van der Waals surface area contributed by atoms with Gasteiger partial charge in [0.15, 0.2) is 0 Å². The highest BCUT2D eigenvalue weighted by Gasteiger charge is 2.63. The zero-order chi connectivity index (χ0) is 13.2. The normalized spacial score (nSPS) is 42.5. The molecule has 1 aromatic rings. The minimum atomic E-state index is 0.429. The van der Waals surface area contributed by atoms with Gasteiger partial charge in [-0.1, -0.05) is 19.3 Å². The van der Waals surface area contributed by atoms with Gasteiger partial charge in [-0.2, -0.15) is 0 Å². The molecule has 5 aliphatic rings. The molecule has 4 saturated carbocycles. The largest absolute Gasteiger partial charge is 0.315 e. The highest BCUT2D eigenvalue weighted by Crippen LogP contribution is 2.69. The summed E-state index contributed by atoms with van der Waals surface area (Å²) < 4.78 is 2.53. The molecule has 3 bridgehead atoms. The molecule has 1 atom stereocenters. The fraction of sp³-hybridized carbons (Fsp3) is 0.882. The molecule has 3 nitrogen and oxygen atoms in total. The lowest BCUT2D eigenvalue weighted by atomic mass is 9.40. The smallest absolute Gasteiger partial charge is 0.139 e. The molecule has 4 aliphatic carbocycles. The summed E-state index contributed by atoms with van der Waals surface area (Å²) in [5.74, 6) is 3.66. The van der Waals surface area contributed by atoms with Crippen molar-refractivity contribution < 1.29 is 0 Å². The van der Waals surface area contributed by atoms with Crippen LogP contribution in [0.1, 0.15) is 75.9 Å². The van der Waals surface area contributed by atoms with Crippen LogP contribution in [0.3, 0.4) is 0 Å². The van der Waals surface area contributed by atoms with E-state index < -0.39 is 0 Å². The second kappa shape index (κ2) is 3.86. The number of nitrogens with zero attached hydrogens (tertiary/aromatic N) is 3. The maximum atomic E-state index is 4.71. The summed E-state index contributed by atoms with van der Waals surface area (Å²) in [5, 5.41) is 9.28. The van der Waals surface area contributed by atoms with Gasteiger partial charge in [-0.05, 0) is 56.3 Å². The Hall–Kier alpha value is -0.860. The molecular weight excluding hydrogens is 246 g/mol. The molecule has 0 aromatic carbocycles. The SMILES string of the molecule is C1CCc2nnc(C34CC5CCCC(C5)(C3)C4)n2CC1. The van der Waals surface area contributed by atoms with Crippen LogP contribution < -0.4 is 0 Å². The average Bonchev–Trinajstić information content (AvgIpc) is 2.67. The molecule has 6 rings (SSSR count). The highest BCUT2D eigenvalue weighted by molar-refractivity contribution is 5.25. The van der Waals surface area contributed by atoms with Crippen molar-refractivity contribution in [3.63, 3.8) is 0 Å². The van der Waals surface area contributed by atoms with E-state index in [4.69, 9.17) is 5.10 Å². The molecule has 1 aromatic heterocycles. The van der Waals surface area contributed by atoms with Gasteiger partial charge in [0.2, 0.25) is 0 Å². The minimum Gasteiger partial charge on any atom is -0.315 e. The number of aryl methyl sites for hydroxylation is 1. The van der Waals surface area contributed by atoms with Crippen molar-refractivity contribution in [2.45, 2.75) is 82.6 Å². The average molecular weight is 271 g/mol. The molecule has 0 amide bonds. The number of hydrogen-bond donors (Lipinski definition) is 0. The molecule has 0 N–H and O–H groups in total. The molecule has 1 aliphatic heterocycles. The van der Waals surface area contributed by atoms with Crippen LogP contribution in [0.2, 0.25) is 0 Å². The van der Waals surface area contributed by atoms with E-state index in [1.54, 1.807) is 0 Å². The molecule has 0 saturated heterocycles. The number of rotatable bonds is 1. The topological polar surface area (TPSA) is 30.7 Å². The fourth-order valence-electron chi connectivity index (χ4n) is 6.29. The molecule has 108 valence electrons. The number of aromatic nitrogens is 3. The summed E-state index contributed by atoms with van der Waals surface area (Å²) >= 11 is 0. The lowest BCUT2D eigenvalue weighted by molar-refractivity contribution is -0.103. The summed E-state index contributed by atoms with van der Waals surface area (Å²) in [4.78, 5) is 0. The third-order valence-corrected chi connectivity index (χ3v) is 6.73. The van der Waals surface area contributed by atoms with Crippen LogP contribution in [0.25, 0.3) is 0 Å². The van der Waals surface area contributed by atoms with Gasteiger partial charge in [0.1, 0.15) is 11.6 Å². The Morgan fingerprint density at radius 1 is 1.00 bits per heavy atom. The van der Waals surface area contributed by atoms with Crippen LogP contribution in [-0.4, -0.2) is 14.8 Å². The summed E-state index contributed by atoms with van der Waals surface area (Å²) in [5.41, 5.74) is 1.15. The summed E-state index contributed by atoms with van der Waals surface area (Å²) in [6.07, 6.45) is 15.4. The van der Waals surface area contributed by atoms with Crippen LogP contribution in [0.5, 0.6) is 0 Å². The van der Waals surface area contributed by atoms with E-state index in [1.807, 2.05) is 0 Å². The molecule has 2 heterocycles. The van der Waals surface area contributed by atoms with Gasteiger partial charge in [-0.25, -0.2) is 0 Å². The molecule has 4 fully saturated rings. The van der Waals surface area contributed by atoms with E-state index >= 15 is 0 Å². The van der Waals surface area contributed by atoms with Gasteiger partial charge in [-0.15, -0.1) is 10.2 Å². The standard InChI is InChI=1S/C17H25N3/c1-2-6-14-18-19-15(20(14)8-3-1)17-10-13-5-4-7-16(9-13,11-17)12-17/h13H,1-12H2. The summed E-state index contributed by atoms with van der Waals surface area (Å²) in [6, 6.07) is 0. The maximum Gasteiger partial charge on any atom is 0.139 e.